The Hall–Kier alpha value is -3.35. The molecule has 0 radical (unpaired) electrons. The number of carbonyl (C=O) groups excluding carboxylic acids is 2. The number of alkyl carbamates (subject to hydrolysis) is 1. The van der Waals surface area contributed by atoms with E-state index in [2.05, 4.69) is 39.5 Å². The molecule has 2 aromatic rings. The van der Waals surface area contributed by atoms with Gasteiger partial charge in [0, 0.05) is 18.9 Å². The third-order valence-corrected chi connectivity index (χ3v) is 5.00. The first-order valence-corrected chi connectivity index (χ1v) is 9.53. The second kappa shape index (κ2) is 9.73. The highest BCUT2D eigenvalue weighted by Crippen LogP contribution is 2.44. The molecule has 7 heteroatoms. The molecule has 0 aliphatic heterocycles. The van der Waals surface area contributed by atoms with E-state index in [4.69, 9.17) is 9.94 Å². The maximum Gasteiger partial charge on any atom is 0.407 e. The molecule has 29 heavy (non-hydrogen) atoms. The van der Waals surface area contributed by atoms with E-state index in [-0.39, 0.29) is 24.7 Å². The molecular formula is C22H24N2O5. The maximum atomic E-state index is 12.1. The number of nitrogens with one attached hydrogen (secondary N) is 1. The first-order valence-electron chi connectivity index (χ1n) is 9.53. The topological polar surface area (TPSA) is 97.2 Å². The Morgan fingerprint density at radius 3 is 2.24 bits per heavy atom. The number of hydrogen-bond acceptors (Lipinski definition) is 6. The van der Waals surface area contributed by atoms with Gasteiger partial charge in [-0.05, 0) is 35.1 Å². The zero-order valence-electron chi connectivity index (χ0n) is 16.3. The van der Waals surface area contributed by atoms with Crippen LogP contribution in [0.4, 0.5) is 4.79 Å². The van der Waals surface area contributed by atoms with Crippen LogP contribution in [0.5, 0.6) is 0 Å². The van der Waals surface area contributed by atoms with Gasteiger partial charge in [0.25, 0.3) is 0 Å². The van der Waals surface area contributed by atoms with Crippen LogP contribution >= 0.6 is 0 Å². The molecule has 0 saturated carbocycles. The van der Waals surface area contributed by atoms with Crippen LogP contribution in [0.2, 0.25) is 0 Å². The Labute approximate surface area is 169 Å². The van der Waals surface area contributed by atoms with Crippen LogP contribution in [0.15, 0.2) is 53.7 Å². The average molecular weight is 396 g/mol. The van der Waals surface area contributed by atoms with E-state index in [9.17, 15) is 9.59 Å². The van der Waals surface area contributed by atoms with Gasteiger partial charge in [0.15, 0.2) is 5.71 Å². The summed E-state index contributed by atoms with van der Waals surface area (Å²) in [6, 6.07) is 16.3. The number of esters is 1. The summed E-state index contributed by atoms with van der Waals surface area (Å²) in [6.45, 7) is 0.667. The second-order valence-electron chi connectivity index (χ2n) is 6.75. The van der Waals surface area contributed by atoms with Crippen molar-refractivity contribution < 1.29 is 24.3 Å². The molecule has 7 nitrogen and oxygen atoms in total. The first kappa shape index (κ1) is 20.4. The van der Waals surface area contributed by atoms with Gasteiger partial charge in [0.1, 0.15) is 6.61 Å². The number of benzene rings is 2. The summed E-state index contributed by atoms with van der Waals surface area (Å²) >= 11 is 0. The molecule has 2 aromatic carbocycles. The molecule has 0 fully saturated rings. The number of rotatable bonds is 8. The molecule has 0 spiro atoms. The molecular weight excluding hydrogens is 372 g/mol. The predicted molar refractivity (Wildman–Crippen MR) is 108 cm³/mol. The van der Waals surface area contributed by atoms with E-state index in [0.717, 1.165) is 0 Å². The summed E-state index contributed by atoms with van der Waals surface area (Å²) in [5, 5.41) is 14.4. The number of hydrogen-bond donors (Lipinski definition) is 2. The fourth-order valence-corrected chi connectivity index (χ4v) is 3.57. The van der Waals surface area contributed by atoms with Crippen molar-refractivity contribution >= 4 is 17.8 Å². The number of carbonyl (C=O) groups is 2. The van der Waals surface area contributed by atoms with Gasteiger partial charge in [0.05, 0.1) is 7.11 Å². The molecule has 1 aliphatic carbocycles. The molecule has 0 heterocycles. The number of nitrogens with zero attached hydrogens (tertiary/aromatic N) is 1. The SMILES string of the molecule is COC(=O)/C(CCCCNC(=O)OCC1c2ccccc2-c2ccccc21)=N/O. The van der Waals surface area contributed by atoms with Crippen LogP contribution in [-0.4, -0.2) is 43.2 Å². The van der Waals surface area contributed by atoms with Crippen LogP contribution < -0.4 is 5.32 Å². The van der Waals surface area contributed by atoms with Crippen LogP contribution in [0.1, 0.15) is 36.3 Å². The Morgan fingerprint density at radius 1 is 1.03 bits per heavy atom. The molecule has 0 aromatic heterocycles. The van der Waals surface area contributed by atoms with Crippen molar-refractivity contribution in [3.05, 3.63) is 59.7 Å². The van der Waals surface area contributed by atoms with Gasteiger partial charge in [-0.3, -0.25) is 0 Å². The minimum atomic E-state index is -0.656. The Morgan fingerprint density at radius 2 is 1.66 bits per heavy atom. The molecule has 1 amide bonds. The summed E-state index contributed by atoms with van der Waals surface area (Å²) < 4.78 is 9.97. The van der Waals surface area contributed by atoms with Gasteiger partial charge in [-0.1, -0.05) is 53.7 Å². The van der Waals surface area contributed by atoms with E-state index >= 15 is 0 Å². The lowest BCUT2D eigenvalue weighted by Crippen LogP contribution is -2.27. The summed E-state index contributed by atoms with van der Waals surface area (Å²) in [6.07, 6.45) is 0.976. The molecule has 1 aliphatic rings. The molecule has 0 atom stereocenters. The largest absolute Gasteiger partial charge is 0.464 e. The number of amides is 1. The average Bonchev–Trinajstić information content (AvgIpc) is 3.08. The van der Waals surface area contributed by atoms with Crippen LogP contribution in [0.3, 0.4) is 0 Å². The Bertz CT molecular complexity index is 864. The predicted octanol–water partition coefficient (Wildman–Crippen LogP) is 3.70. The van der Waals surface area contributed by atoms with Crippen LogP contribution in [-0.2, 0) is 14.3 Å². The molecule has 152 valence electrons. The van der Waals surface area contributed by atoms with Crippen molar-refractivity contribution in [3.63, 3.8) is 0 Å². The minimum absolute atomic E-state index is 0.0246. The third kappa shape index (κ3) is 4.74. The highest BCUT2D eigenvalue weighted by Gasteiger charge is 2.28. The summed E-state index contributed by atoms with van der Waals surface area (Å²) in [5.41, 5.74) is 4.67. The smallest absolute Gasteiger partial charge is 0.407 e. The highest BCUT2D eigenvalue weighted by molar-refractivity contribution is 6.36. The van der Waals surface area contributed by atoms with Crippen molar-refractivity contribution in [2.45, 2.75) is 25.2 Å². The van der Waals surface area contributed by atoms with Gasteiger partial charge in [0.2, 0.25) is 0 Å². The normalized spacial score (nSPS) is 12.8. The molecule has 0 unspecified atom stereocenters. The van der Waals surface area contributed by atoms with Gasteiger partial charge >= 0.3 is 12.1 Å². The zero-order valence-corrected chi connectivity index (χ0v) is 16.3. The van der Waals surface area contributed by atoms with Gasteiger partial charge < -0.3 is 20.0 Å². The highest BCUT2D eigenvalue weighted by atomic mass is 16.5. The fraction of sp³-hybridized carbons (Fsp3) is 0.318. The van der Waals surface area contributed by atoms with E-state index < -0.39 is 12.1 Å². The molecule has 2 N–H and O–H groups in total. The fourth-order valence-electron chi connectivity index (χ4n) is 3.57. The van der Waals surface area contributed by atoms with E-state index in [1.165, 1.54) is 29.4 Å². The number of fused-ring (bicyclic) bond motifs is 3. The standard InChI is InChI=1S/C22H24N2O5/c1-28-21(25)20(24-27)12-6-7-13-23-22(26)29-14-19-17-10-4-2-8-15(17)16-9-3-5-11-18(16)19/h2-5,8-11,19,27H,6-7,12-14H2,1H3,(H,23,26)/b24-20+. The first-order chi connectivity index (χ1) is 14.2. The minimum Gasteiger partial charge on any atom is -0.464 e. The van der Waals surface area contributed by atoms with E-state index in [0.29, 0.717) is 19.4 Å². The van der Waals surface area contributed by atoms with Crippen molar-refractivity contribution in [2.75, 3.05) is 20.3 Å². The third-order valence-electron chi connectivity index (χ3n) is 5.00. The van der Waals surface area contributed by atoms with Crippen molar-refractivity contribution in [2.24, 2.45) is 5.16 Å². The summed E-state index contributed by atoms with van der Waals surface area (Å²) in [4.78, 5) is 23.4. The number of unbranched alkanes of at least 4 members (excludes halogenated alkanes) is 1. The van der Waals surface area contributed by atoms with Gasteiger partial charge in [-0.15, -0.1) is 0 Å². The van der Waals surface area contributed by atoms with E-state index in [1.807, 2.05) is 24.3 Å². The van der Waals surface area contributed by atoms with Crippen molar-refractivity contribution in [1.29, 1.82) is 0 Å². The summed E-state index contributed by atoms with van der Waals surface area (Å²) in [7, 11) is 1.23. The van der Waals surface area contributed by atoms with Crippen molar-refractivity contribution in [1.82, 2.24) is 5.32 Å². The second-order valence-corrected chi connectivity index (χ2v) is 6.75. The quantitative estimate of drug-likeness (QED) is 0.233. The molecule has 0 saturated heterocycles. The number of ether oxygens (including phenoxy) is 2. The Balaban J connectivity index is 1.45. The lowest BCUT2D eigenvalue weighted by Gasteiger charge is -2.14. The van der Waals surface area contributed by atoms with Crippen LogP contribution in [0.25, 0.3) is 11.1 Å². The van der Waals surface area contributed by atoms with Crippen molar-refractivity contribution in [3.8, 4) is 11.1 Å². The number of oxime groups is 1. The lowest BCUT2D eigenvalue weighted by molar-refractivity contribution is -0.133. The molecule has 3 rings (SSSR count). The molecule has 0 bridgehead atoms. The summed E-state index contributed by atoms with van der Waals surface area (Å²) in [5.74, 6) is -0.631. The monoisotopic (exact) mass is 396 g/mol. The van der Waals surface area contributed by atoms with Crippen LogP contribution in [0, 0.1) is 0 Å². The van der Waals surface area contributed by atoms with Gasteiger partial charge in [-0.25, -0.2) is 9.59 Å². The lowest BCUT2D eigenvalue weighted by atomic mass is 9.98. The zero-order chi connectivity index (χ0) is 20.6. The maximum absolute atomic E-state index is 12.1. The number of methoxy groups -OCH3 is 1. The van der Waals surface area contributed by atoms with Gasteiger partial charge in [-0.2, -0.15) is 0 Å². The Kier molecular flexibility index (Phi) is 6.84. The van der Waals surface area contributed by atoms with E-state index in [1.54, 1.807) is 0 Å².